The number of amides is 3. The molecule has 2 aromatic rings. The Balaban J connectivity index is 1.39. The third-order valence-corrected chi connectivity index (χ3v) is 7.73. The van der Waals surface area contributed by atoms with E-state index >= 15 is 0 Å². The molecule has 1 saturated carbocycles. The summed E-state index contributed by atoms with van der Waals surface area (Å²) in [6.07, 6.45) is 5.11. The average Bonchev–Trinajstić information content (AvgIpc) is 3.33. The van der Waals surface area contributed by atoms with Crippen molar-refractivity contribution >= 4 is 51.5 Å². The first kappa shape index (κ1) is 26.9. The monoisotopic (exact) mass is 547 g/mol. The number of fused-ring (bicyclic) bond motifs is 1. The molecule has 0 spiro atoms. The fourth-order valence-electron chi connectivity index (χ4n) is 4.45. The van der Waals surface area contributed by atoms with Gasteiger partial charge in [0.15, 0.2) is 11.5 Å². The van der Waals surface area contributed by atoms with Crippen molar-refractivity contribution < 1.29 is 28.1 Å². The van der Waals surface area contributed by atoms with Gasteiger partial charge in [-0.1, -0.05) is 30.9 Å². The molecule has 4 rings (SSSR count). The van der Waals surface area contributed by atoms with Gasteiger partial charge in [0.1, 0.15) is 17.5 Å². The average molecular weight is 548 g/mol. The van der Waals surface area contributed by atoms with Gasteiger partial charge in [0.2, 0.25) is 24.5 Å². The van der Waals surface area contributed by atoms with Gasteiger partial charge >= 0.3 is 0 Å². The Labute approximate surface area is 223 Å². The van der Waals surface area contributed by atoms with Crippen LogP contribution in [0, 0.1) is 0 Å². The summed E-state index contributed by atoms with van der Waals surface area (Å²) in [4.78, 5) is 40.1. The maximum absolute atomic E-state index is 13.3. The zero-order valence-corrected chi connectivity index (χ0v) is 22.1. The molecule has 0 unspecified atom stereocenters. The molecule has 2 aliphatic rings. The van der Waals surface area contributed by atoms with Gasteiger partial charge in [-0.2, -0.15) is 0 Å². The van der Waals surface area contributed by atoms with Gasteiger partial charge in [0.25, 0.3) is 0 Å². The second kappa shape index (κ2) is 12.4. The van der Waals surface area contributed by atoms with Crippen molar-refractivity contribution in [2.75, 3.05) is 28.5 Å². The van der Waals surface area contributed by atoms with Gasteiger partial charge in [0, 0.05) is 39.3 Å². The minimum atomic E-state index is -1.80. The molecule has 198 valence electrons. The van der Waals surface area contributed by atoms with Gasteiger partial charge < -0.3 is 20.1 Å². The summed E-state index contributed by atoms with van der Waals surface area (Å²) in [6, 6.07) is 10.7. The van der Waals surface area contributed by atoms with E-state index < -0.39 is 34.4 Å². The minimum absolute atomic E-state index is 0.0832. The lowest BCUT2D eigenvalue weighted by molar-refractivity contribution is -0.126. The highest BCUT2D eigenvalue weighted by atomic mass is 35.5. The van der Waals surface area contributed by atoms with Crippen LogP contribution < -0.4 is 25.0 Å². The molecule has 2 atom stereocenters. The zero-order valence-electron chi connectivity index (χ0n) is 20.5. The second-order valence-corrected chi connectivity index (χ2v) is 11.0. The lowest BCUT2D eigenvalue weighted by Gasteiger charge is -2.31. The van der Waals surface area contributed by atoms with E-state index in [2.05, 4.69) is 10.6 Å². The van der Waals surface area contributed by atoms with Crippen LogP contribution in [0.25, 0.3) is 0 Å². The molecule has 0 aromatic heterocycles. The molecule has 0 saturated heterocycles. The van der Waals surface area contributed by atoms with Gasteiger partial charge in [-0.3, -0.25) is 23.5 Å². The summed E-state index contributed by atoms with van der Waals surface area (Å²) in [6.45, 7) is 1.75. The normalized spacial score (nSPS) is 16.5. The number of benzene rings is 2. The predicted octanol–water partition coefficient (Wildman–Crippen LogP) is 3.63. The molecule has 37 heavy (non-hydrogen) atoms. The maximum atomic E-state index is 13.3. The summed E-state index contributed by atoms with van der Waals surface area (Å²) in [5.41, 5.74) is 0.927. The number of ether oxygens (including phenoxy) is 2. The van der Waals surface area contributed by atoms with Crippen LogP contribution >= 0.6 is 11.6 Å². The number of carbonyl (C=O) groups is 3. The van der Waals surface area contributed by atoms with Gasteiger partial charge in [-0.25, -0.2) is 0 Å². The Morgan fingerprint density at radius 3 is 2.46 bits per heavy atom. The number of halogens is 1. The molecular weight excluding hydrogens is 518 g/mol. The van der Waals surface area contributed by atoms with E-state index in [1.165, 1.54) is 4.90 Å². The molecule has 1 fully saturated rings. The van der Waals surface area contributed by atoms with Crippen LogP contribution in [-0.4, -0.2) is 52.3 Å². The van der Waals surface area contributed by atoms with E-state index in [0.29, 0.717) is 27.9 Å². The zero-order chi connectivity index (χ0) is 26.4. The Morgan fingerprint density at radius 2 is 1.73 bits per heavy atom. The molecule has 3 amide bonds. The maximum Gasteiger partial charge on any atom is 0.243 e. The van der Waals surface area contributed by atoms with Crippen LogP contribution in [0.5, 0.6) is 11.5 Å². The van der Waals surface area contributed by atoms with Crippen molar-refractivity contribution in [2.45, 2.75) is 51.1 Å². The molecule has 1 heterocycles. The summed E-state index contributed by atoms with van der Waals surface area (Å²) in [7, 11) is -1.80. The van der Waals surface area contributed by atoms with Gasteiger partial charge in [-0.05, 0) is 56.2 Å². The largest absolute Gasteiger partial charge is 0.454 e. The Bertz CT molecular complexity index is 1170. The van der Waals surface area contributed by atoms with Crippen molar-refractivity contribution in [1.29, 1.82) is 0 Å². The van der Waals surface area contributed by atoms with Crippen LogP contribution in [0.2, 0.25) is 5.02 Å². The number of nitrogens with one attached hydrogen (secondary N) is 2. The molecule has 0 radical (unpaired) electrons. The quantitative estimate of drug-likeness (QED) is 0.495. The third-order valence-electron chi connectivity index (χ3n) is 6.32. The van der Waals surface area contributed by atoms with Crippen molar-refractivity contribution in [1.82, 2.24) is 5.32 Å². The molecule has 1 aliphatic carbocycles. The van der Waals surface area contributed by atoms with E-state index in [1.807, 2.05) is 0 Å². The number of hydrogen-bond donors (Lipinski definition) is 2. The van der Waals surface area contributed by atoms with Gasteiger partial charge in [-0.15, -0.1) is 0 Å². The highest BCUT2D eigenvalue weighted by Gasteiger charge is 2.30. The fraction of sp³-hybridized carbons (Fsp3) is 0.423. The topological polar surface area (TPSA) is 114 Å². The highest BCUT2D eigenvalue weighted by molar-refractivity contribution is 7.86. The summed E-state index contributed by atoms with van der Waals surface area (Å²) < 4.78 is 23.3. The van der Waals surface area contributed by atoms with Crippen LogP contribution in [0.1, 0.15) is 39.0 Å². The fourth-order valence-corrected chi connectivity index (χ4v) is 5.45. The molecular formula is C26H30ClN3O6S. The summed E-state index contributed by atoms with van der Waals surface area (Å²) >= 11 is 6.02. The highest BCUT2D eigenvalue weighted by Crippen LogP contribution is 2.34. The standard InChI is InChI=1S/C26H30ClN3O6S/c1-17(26(33)29-19-5-3-2-4-6-19)30(21-10-7-18(27)8-11-21)25(32)15-37(34)14-24(31)28-20-9-12-22-23(13-20)36-16-35-22/h7-13,17,19H,2-6,14-16H2,1H3,(H,28,31)(H,29,33)/t17-,37-/m0/s1. The molecule has 2 aromatic carbocycles. The smallest absolute Gasteiger partial charge is 0.243 e. The Morgan fingerprint density at radius 1 is 1.03 bits per heavy atom. The van der Waals surface area contributed by atoms with Crippen molar-refractivity contribution in [3.8, 4) is 11.5 Å². The summed E-state index contributed by atoms with van der Waals surface area (Å²) in [5.74, 6) is -1.02. The second-order valence-electron chi connectivity index (χ2n) is 9.10. The Kier molecular flexibility index (Phi) is 9.04. The van der Waals surface area contributed by atoms with E-state index in [4.69, 9.17) is 21.1 Å². The number of nitrogens with zero attached hydrogens (tertiary/aromatic N) is 1. The van der Waals surface area contributed by atoms with Gasteiger partial charge in [0.05, 0.1) is 0 Å². The first-order valence-corrected chi connectivity index (χ1v) is 14.1. The van der Waals surface area contributed by atoms with Crippen molar-refractivity contribution in [3.05, 3.63) is 47.5 Å². The van der Waals surface area contributed by atoms with Crippen LogP contribution in [0.4, 0.5) is 11.4 Å². The lowest BCUT2D eigenvalue weighted by Crippen LogP contribution is -2.52. The number of carbonyl (C=O) groups excluding carboxylic acids is 3. The third kappa shape index (κ3) is 7.23. The van der Waals surface area contributed by atoms with E-state index in [1.54, 1.807) is 49.4 Å². The lowest BCUT2D eigenvalue weighted by atomic mass is 9.95. The molecule has 11 heteroatoms. The van der Waals surface area contributed by atoms with E-state index in [0.717, 1.165) is 32.1 Å². The predicted molar refractivity (Wildman–Crippen MR) is 142 cm³/mol. The van der Waals surface area contributed by atoms with Crippen molar-refractivity contribution in [2.24, 2.45) is 0 Å². The SMILES string of the molecule is C[C@@H](C(=O)NC1CCCCC1)N(C(=O)C[S@@](=O)CC(=O)Nc1ccc2c(c1)OCO2)c1ccc(Cl)cc1. The molecule has 1 aliphatic heterocycles. The van der Waals surface area contributed by atoms with Crippen LogP contribution in [0.3, 0.4) is 0 Å². The first-order valence-electron chi connectivity index (χ1n) is 12.2. The number of anilines is 2. The van der Waals surface area contributed by atoms with E-state index in [9.17, 15) is 18.6 Å². The Hall–Kier alpha value is -3.11. The molecule has 2 N–H and O–H groups in total. The summed E-state index contributed by atoms with van der Waals surface area (Å²) in [5, 5.41) is 6.19. The molecule has 9 nitrogen and oxygen atoms in total. The van der Waals surface area contributed by atoms with Crippen molar-refractivity contribution in [3.63, 3.8) is 0 Å². The number of rotatable bonds is 9. The van der Waals surface area contributed by atoms with Crippen LogP contribution in [-0.2, 0) is 25.2 Å². The van der Waals surface area contributed by atoms with E-state index in [-0.39, 0.29) is 24.5 Å². The molecule has 0 bridgehead atoms. The van der Waals surface area contributed by atoms with Crippen LogP contribution in [0.15, 0.2) is 42.5 Å². The number of hydrogen-bond acceptors (Lipinski definition) is 6. The minimum Gasteiger partial charge on any atom is -0.454 e. The first-order chi connectivity index (χ1) is 17.8.